The summed E-state index contributed by atoms with van der Waals surface area (Å²) in [5.41, 5.74) is 2.35. The molecule has 0 bridgehead atoms. The summed E-state index contributed by atoms with van der Waals surface area (Å²) in [6, 6.07) is 9.59. The molecule has 7 nitrogen and oxygen atoms in total. The fraction of sp³-hybridized carbons (Fsp3) is 0.435. The molecule has 32 heavy (non-hydrogen) atoms. The van der Waals surface area contributed by atoms with E-state index in [1.807, 2.05) is 0 Å². The van der Waals surface area contributed by atoms with Gasteiger partial charge in [0.2, 0.25) is 10.0 Å². The average Bonchev–Trinajstić information content (AvgIpc) is 3.43. The SMILES string of the molecule is O=S(=O)(NCCCN1CCC(c2noc3cc(F)ccc23)CC1)c1ccc2c(c1)CCO2. The minimum atomic E-state index is -3.52. The molecule has 0 unspecified atom stereocenters. The standard InChI is InChI=1S/C23H26FN3O4S/c24-18-2-4-20-22(15-18)31-26-23(20)16-6-11-27(12-7-16)10-1-9-25-32(28,29)19-3-5-21-17(14-19)8-13-30-21/h2-5,14-16,25H,1,6-13H2. The van der Waals surface area contributed by atoms with Crippen molar-refractivity contribution in [3.05, 3.63) is 53.5 Å². The van der Waals surface area contributed by atoms with Gasteiger partial charge in [0.25, 0.3) is 0 Å². The van der Waals surface area contributed by atoms with E-state index in [4.69, 9.17) is 9.26 Å². The predicted octanol–water partition coefficient (Wildman–Crippen LogP) is 3.45. The van der Waals surface area contributed by atoms with Crippen LogP contribution in [0.15, 0.2) is 45.8 Å². The normalized spacial score (nSPS) is 17.5. The van der Waals surface area contributed by atoms with Gasteiger partial charge >= 0.3 is 0 Å². The van der Waals surface area contributed by atoms with Crippen LogP contribution in [0.2, 0.25) is 0 Å². The fourth-order valence-electron chi connectivity index (χ4n) is 4.58. The van der Waals surface area contributed by atoms with Gasteiger partial charge in [0, 0.05) is 30.3 Å². The predicted molar refractivity (Wildman–Crippen MR) is 118 cm³/mol. The van der Waals surface area contributed by atoms with Gasteiger partial charge in [-0.3, -0.25) is 0 Å². The second kappa shape index (κ2) is 8.80. The first-order chi connectivity index (χ1) is 15.5. The molecule has 2 aliphatic heterocycles. The highest BCUT2D eigenvalue weighted by Gasteiger charge is 2.25. The van der Waals surface area contributed by atoms with Crippen molar-refractivity contribution in [3.8, 4) is 5.75 Å². The highest BCUT2D eigenvalue weighted by atomic mass is 32.2. The number of ether oxygens (including phenoxy) is 1. The van der Waals surface area contributed by atoms with Gasteiger partial charge in [-0.2, -0.15) is 0 Å². The van der Waals surface area contributed by atoms with Crippen LogP contribution < -0.4 is 9.46 Å². The Kier molecular flexibility index (Phi) is 5.88. The van der Waals surface area contributed by atoms with Gasteiger partial charge in [-0.05, 0) is 74.8 Å². The number of sulfonamides is 1. The number of rotatable bonds is 7. The lowest BCUT2D eigenvalue weighted by atomic mass is 9.91. The van der Waals surface area contributed by atoms with E-state index in [2.05, 4.69) is 14.8 Å². The number of piperidine rings is 1. The monoisotopic (exact) mass is 459 g/mol. The zero-order valence-electron chi connectivity index (χ0n) is 17.7. The second-order valence-electron chi connectivity index (χ2n) is 8.44. The third-order valence-corrected chi connectivity index (χ3v) is 7.81. The first-order valence-corrected chi connectivity index (χ1v) is 12.5. The molecule has 0 amide bonds. The third-order valence-electron chi connectivity index (χ3n) is 6.35. The molecule has 170 valence electrons. The number of halogens is 1. The molecule has 2 aromatic carbocycles. The number of likely N-dealkylation sites (tertiary alicyclic amines) is 1. The number of nitrogens with zero attached hydrogens (tertiary/aromatic N) is 2. The lowest BCUT2D eigenvalue weighted by molar-refractivity contribution is 0.208. The topological polar surface area (TPSA) is 84.7 Å². The minimum Gasteiger partial charge on any atom is -0.493 e. The van der Waals surface area contributed by atoms with Crippen LogP contribution in [0.3, 0.4) is 0 Å². The summed E-state index contributed by atoms with van der Waals surface area (Å²) in [5, 5.41) is 5.08. The molecular weight excluding hydrogens is 433 g/mol. The van der Waals surface area contributed by atoms with Crippen LogP contribution in [0.5, 0.6) is 5.75 Å². The van der Waals surface area contributed by atoms with Crippen LogP contribution in [0.4, 0.5) is 4.39 Å². The van der Waals surface area contributed by atoms with Gasteiger partial charge in [0.15, 0.2) is 5.58 Å². The summed E-state index contributed by atoms with van der Waals surface area (Å²) in [6.07, 6.45) is 3.38. The Morgan fingerprint density at radius 3 is 2.84 bits per heavy atom. The highest BCUT2D eigenvalue weighted by Crippen LogP contribution is 2.33. The van der Waals surface area contributed by atoms with Gasteiger partial charge in [-0.25, -0.2) is 17.5 Å². The molecule has 3 heterocycles. The largest absolute Gasteiger partial charge is 0.493 e. The van der Waals surface area contributed by atoms with Crippen molar-refractivity contribution < 1.29 is 22.1 Å². The molecule has 0 spiro atoms. The van der Waals surface area contributed by atoms with Crippen molar-refractivity contribution >= 4 is 21.0 Å². The Balaban J connectivity index is 1.09. The molecule has 0 radical (unpaired) electrons. The van der Waals surface area contributed by atoms with E-state index in [-0.39, 0.29) is 5.82 Å². The average molecular weight is 460 g/mol. The van der Waals surface area contributed by atoms with E-state index < -0.39 is 10.0 Å². The molecule has 0 aliphatic carbocycles. The lowest BCUT2D eigenvalue weighted by Crippen LogP contribution is -2.35. The molecular formula is C23H26FN3O4S. The number of benzene rings is 2. The third kappa shape index (κ3) is 4.37. The van der Waals surface area contributed by atoms with E-state index in [1.54, 1.807) is 24.3 Å². The Labute approximate surface area is 186 Å². The fourth-order valence-corrected chi connectivity index (χ4v) is 5.70. The zero-order valence-corrected chi connectivity index (χ0v) is 18.5. The van der Waals surface area contributed by atoms with E-state index in [0.29, 0.717) is 29.5 Å². The van der Waals surface area contributed by atoms with E-state index in [1.165, 1.54) is 12.1 Å². The summed E-state index contributed by atoms with van der Waals surface area (Å²) in [4.78, 5) is 2.64. The first kappa shape index (κ1) is 21.4. The molecule has 1 aromatic heterocycles. The van der Waals surface area contributed by atoms with Crippen molar-refractivity contribution in [2.24, 2.45) is 0 Å². The van der Waals surface area contributed by atoms with E-state index >= 15 is 0 Å². The maximum atomic E-state index is 13.4. The molecule has 2 aliphatic rings. The zero-order chi connectivity index (χ0) is 22.1. The van der Waals surface area contributed by atoms with Gasteiger partial charge in [0.1, 0.15) is 11.6 Å². The van der Waals surface area contributed by atoms with Crippen molar-refractivity contribution in [1.82, 2.24) is 14.8 Å². The Bertz CT molecular complexity index is 1220. The van der Waals surface area contributed by atoms with E-state index in [9.17, 15) is 12.8 Å². The van der Waals surface area contributed by atoms with Crippen molar-refractivity contribution in [2.75, 3.05) is 32.8 Å². The van der Waals surface area contributed by atoms with E-state index in [0.717, 1.165) is 67.7 Å². The maximum Gasteiger partial charge on any atom is 0.240 e. The van der Waals surface area contributed by atoms with Crippen molar-refractivity contribution in [3.63, 3.8) is 0 Å². The van der Waals surface area contributed by atoms with Crippen molar-refractivity contribution in [2.45, 2.75) is 36.5 Å². The molecule has 1 N–H and O–H groups in total. The summed E-state index contributed by atoms with van der Waals surface area (Å²) < 4.78 is 52.0. The Hall–Kier alpha value is -2.49. The summed E-state index contributed by atoms with van der Waals surface area (Å²) in [6.45, 7) is 3.66. The number of hydrogen-bond acceptors (Lipinski definition) is 6. The maximum absolute atomic E-state index is 13.4. The second-order valence-corrected chi connectivity index (χ2v) is 10.2. The van der Waals surface area contributed by atoms with Crippen LogP contribution in [0.25, 0.3) is 11.0 Å². The van der Waals surface area contributed by atoms with Crippen LogP contribution in [0.1, 0.15) is 36.4 Å². The molecule has 3 aromatic rings. The molecule has 1 saturated heterocycles. The minimum absolute atomic E-state index is 0.292. The van der Waals surface area contributed by atoms with Crippen LogP contribution in [0, 0.1) is 5.82 Å². The molecule has 1 fully saturated rings. The number of aromatic nitrogens is 1. The Morgan fingerprint density at radius 2 is 2.00 bits per heavy atom. The number of fused-ring (bicyclic) bond motifs is 2. The molecule has 5 rings (SSSR count). The summed E-state index contributed by atoms with van der Waals surface area (Å²) >= 11 is 0. The molecule has 0 saturated carbocycles. The first-order valence-electron chi connectivity index (χ1n) is 11.0. The van der Waals surface area contributed by atoms with Crippen LogP contribution in [-0.2, 0) is 16.4 Å². The quantitative estimate of drug-likeness (QED) is 0.545. The highest BCUT2D eigenvalue weighted by molar-refractivity contribution is 7.89. The summed E-state index contributed by atoms with van der Waals surface area (Å²) in [5.74, 6) is 0.745. The number of nitrogens with one attached hydrogen (secondary N) is 1. The van der Waals surface area contributed by atoms with Gasteiger partial charge < -0.3 is 14.2 Å². The van der Waals surface area contributed by atoms with Gasteiger partial charge in [0.05, 0.1) is 17.2 Å². The Morgan fingerprint density at radius 1 is 1.16 bits per heavy atom. The molecule has 0 atom stereocenters. The lowest BCUT2D eigenvalue weighted by Gasteiger charge is -2.31. The summed E-state index contributed by atoms with van der Waals surface area (Å²) in [7, 11) is -3.52. The smallest absolute Gasteiger partial charge is 0.240 e. The molecule has 9 heteroatoms. The number of hydrogen-bond donors (Lipinski definition) is 1. The van der Waals surface area contributed by atoms with Crippen LogP contribution in [-0.4, -0.2) is 51.3 Å². The van der Waals surface area contributed by atoms with Crippen LogP contribution >= 0.6 is 0 Å². The van der Waals surface area contributed by atoms with Gasteiger partial charge in [-0.1, -0.05) is 5.16 Å². The van der Waals surface area contributed by atoms with Gasteiger partial charge in [-0.15, -0.1) is 0 Å². The van der Waals surface area contributed by atoms with Crippen molar-refractivity contribution in [1.29, 1.82) is 0 Å².